The molecule has 1 N–H and O–H groups in total. The number of Topliss-reactive ketones (excluding diaryl/α,β-unsaturated/α-hetero) is 4. The van der Waals surface area contributed by atoms with E-state index in [1.54, 1.807) is 13.0 Å². The summed E-state index contributed by atoms with van der Waals surface area (Å²) in [5.41, 5.74) is 2.20. The van der Waals surface area contributed by atoms with Crippen LogP contribution >= 0.6 is 0 Å². The predicted molar refractivity (Wildman–Crippen MR) is 183 cm³/mol. The molecule has 0 aliphatic carbocycles. The van der Waals surface area contributed by atoms with Crippen LogP contribution in [0.25, 0.3) is 0 Å². The maximum absolute atomic E-state index is 12.5. The summed E-state index contributed by atoms with van der Waals surface area (Å²) in [4.78, 5) is 57.0. The molecule has 0 aliphatic heterocycles. The van der Waals surface area contributed by atoms with Crippen molar-refractivity contribution in [3.63, 3.8) is 0 Å². The summed E-state index contributed by atoms with van der Waals surface area (Å²) in [5, 5.41) is 2.85. The van der Waals surface area contributed by atoms with Crippen LogP contribution in [0.1, 0.15) is 116 Å². The second kappa shape index (κ2) is 30.8. The molecule has 1 aromatic carbocycles. The molecule has 1 atom stereocenters. The van der Waals surface area contributed by atoms with Crippen molar-refractivity contribution in [3.05, 3.63) is 29.3 Å². The largest absolute Gasteiger partial charge is 0.379 e. The van der Waals surface area contributed by atoms with Crippen molar-refractivity contribution in [1.29, 1.82) is 0 Å². The molecule has 0 aromatic heterocycles. The van der Waals surface area contributed by atoms with Crippen LogP contribution in [0.2, 0.25) is 0 Å². The molecule has 1 rings (SSSR count). The lowest BCUT2D eigenvalue weighted by Crippen LogP contribution is -2.21. The Kier molecular flexibility index (Phi) is 30.4. The second-order valence-corrected chi connectivity index (χ2v) is 10.5. The quantitative estimate of drug-likeness (QED) is 0.0916. The molecule has 1 unspecified atom stereocenters. The highest BCUT2D eigenvalue weighted by Crippen LogP contribution is 2.23. The molecular weight excluding hydrogens is 590 g/mol. The zero-order chi connectivity index (χ0) is 35.2. The lowest BCUT2D eigenvalue weighted by Gasteiger charge is -2.14. The summed E-state index contributed by atoms with van der Waals surface area (Å²) in [6, 6.07) is 5.43. The van der Waals surface area contributed by atoms with Crippen molar-refractivity contribution in [2.45, 2.75) is 107 Å². The summed E-state index contributed by atoms with van der Waals surface area (Å²) >= 11 is 0. The lowest BCUT2D eigenvalue weighted by molar-refractivity contribution is -0.122. The molecule has 0 fully saturated rings. The van der Waals surface area contributed by atoms with Gasteiger partial charge in [0.15, 0.2) is 5.78 Å². The van der Waals surface area contributed by atoms with E-state index in [-0.39, 0.29) is 48.2 Å². The standard InChI is InChI=1S/C25H39NO7.C9H16O2.C2H6/c1-4-6-10-24(28)22-8-7-9-23(21(22)5-2)26-25(29)19-33-18-17-32-16-15-31-14-13-30-12-11-20(3)27;1-4-9(11)6-5-7(2)8(3)10;1-2/h7-9H,4-6,10-19H2,1-3H3,(H,26,29);7H,4-6H2,1-3H3;1-2H3. The number of unbranched alkanes of at least 4 members (excludes halogenated alkanes) is 1. The van der Waals surface area contributed by atoms with Gasteiger partial charge in [-0.1, -0.05) is 60.1 Å². The van der Waals surface area contributed by atoms with Crippen LogP contribution < -0.4 is 5.32 Å². The minimum atomic E-state index is -0.268. The smallest absolute Gasteiger partial charge is 0.250 e. The van der Waals surface area contributed by atoms with Crippen LogP contribution in [-0.2, 0) is 44.5 Å². The van der Waals surface area contributed by atoms with Gasteiger partial charge < -0.3 is 24.3 Å². The molecule has 1 amide bonds. The van der Waals surface area contributed by atoms with Gasteiger partial charge in [0.2, 0.25) is 5.91 Å². The Morgan fingerprint density at radius 2 is 1.33 bits per heavy atom. The van der Waals surface area contributed by atoms with Crippen LogP contribution in [-0.4, -0.2) is 81.9 Å². The summed E-state index contributed by atoms with van der Waals surface area (Å²) in [5.74, 6) is 0.425. The van der Waals surface area contributed by atoms with Crippen molar-refractivity contribution in [2.75, 3.05) is 58.2 Å². The van der Waals surface area contributed by atoms with Crippen molar-refractivity contribution in [2.24, 2.45) is 5.92 Å². The Labute approximate surface area is 277 Å². The van der Waals surface area contributed by atoms with E-state index in [9.17, 15) is 24.0 Å². The van der Waals surface area contributed by atoms with Gasteiger partial charge in [-0.3, -0.25) is 24.0 Å². The van der Waals surface area contributed by atoms with Crippen LogP contribution in [0.15, 0.2) is 18.2 Å². The summed E-state index contributed by atoms with van der Waals surface area (Å²) in [7, 11) is 0. The van der Waals surface area contributed by atoms with E-state index in [0.717, 1.165) is 18.4 Å². The van der Waals surface area contributed by atoms with Crippen molar-refractivity contribution in [3.8, 4) is 0 Å². The van der Waals surface area contributed by atoms with Gasteiger partial charge in [0.05, 0.1) is 46.2 Å². The van der Waals surface area contributed by atoms with E-state index in [0.29, 0.717) is 89.4 Å². The van der Waals surface area contributed by atoms with Gasteiger partial charge in [-0.25, -0.2) is 0 Å². The third kappa shape index (κ3) is 24.4. The number of carbonyl (C=O) groups excluding carboxylic acids is 5. The molecule has 10 nitrogen and oxygen atoms in total. The van der Waals surface area contributed by atoms with Crippen molar-refractivity contribution >= 4 is 34.7 Å². The number of benzene rings is 1. The number of ether oxygens (including phenoxy) is 4. The Bertz CT molecular complexity index is 994. The van der Waals surface area contributed by atoms with Gasteiger partial charge in [-0.15, -0.1) is 0 Å². The third-order valence-corrected chi connectivity index (χ3v) is 6.75. The SMILES string of the molecule is CC.CCC(=O)CCC(C)C(C)=O.CCCCC(=O)c1cccc(NC(=O)COCCOCCOCCOCCC(C)=O)c1CC. The number of amides is 1. The van der Waals surface area contributed by atoms with E-state index in [4.69, 9.17) is 18.9 Å². The lowest BCUT2D eigenvalue weighted by atomic mass is 9.97. The summed E-state index contributed by atoms with van der Waals surface area (Å²) in [6.07, 6.45) is 5.28. The van der Waals surface area contributed by atoms with E-state index in [1.165, 1.54) is 6.92 Å². The number of hydrogen-bond acceptors (Lipinski definition) is 9. The fraction of sp³-hybridized carbons (Fsp3) is 0.694. The Morgan fingerprint density at radius 1 is 0.761 bits per heavy atom. The molecule has 1 aromatic rings. The van der Waals surface area contributed by atoms with E-state index in [1.807, 2.05) is 46.8 Å². The van der Waals surface area contributed by atoms with Gasteiger partial charge in [-0.2, -0.15) is 0 Å². The highest BCUT2D eigenvalue weighted by Gasteiger charge is 2.15. The van der Waals surface area contributed by atoms with Crippen LogP contribution in [0.3, 0.4) is 0 Å². The average Bonchev–Trinajstić information content (AvgIpc) is 3.05. The van der Waals surface area contributed by atoms with Gasteiger partial charge in [0.25, 0.3) is 0 Å². The first-order valence-electron chi connectivity index (χ1n) is 16.8. The molecule has 0 radical (unpaired) electrons. The number of carbonyl (C=O) groups is 5. The highest BCUT2D eigenvalue weighted by molar-refractivity contribution is 6.00. The van der Waals surface area contributed by atoms with Gasteiger partial charge >= 0.3 is 0 Å². The highest BCUT2D eigenvalue weighted by atomic mass is 16.6. The minimum absolute atomic E-state index is 0.0468. The molecule has 46 heavy (non-hydrogen) atoms. The van der Waals surface area contributed by atoms with Crippen LogP contribution in [0.4, 0.5) is 5.69 Å². The Hall–Kier alpha value is -2.79. The molecule has 0 saturated carbocycles. The number of rotatable bonds is 25. The van der Waals surface area contributed by atoms with Crippen molar-refractivity contribution < 1.29 is 42.9 Å². The average molecular weight is 652 g/mol. The molecule has 10 heteroatoms. The summed E-state index contributed by atoms with van der Waals surface area (Å²) in [6.45, 7) is 17.6. The number of hydrogen-bond donors (Lipinski definition) is 1. The second-order valence-electron chi connectivity index (χ2n) is 10.5. The zero-order valence-electron chi connectivity index (χ0n) is 29.8. The first-order chi connectivity index (χ1) is 22.1. The van der Waals surface area contributed by atoms with Crippen LogP contribution in [0.5, 0.6) is 0 Å². The van der Waals surface area contributed by atoms with E-state index < -0.39 is 0 Å². The minimum Gasteiger partial charge on any atom is -0.379 e. The molecule has 0 heterocycles. The third-order valence-electron chi connectivity index (χ3n) is 6.75. The van der Waals surface area contributed by atoms with E-state index >= 15 is 0 Å². The first-order valence-corrected chi connectivity index (χ1v) is 16.8. The van der Waals surface area contributed by atoms with Crippen molar-refractivity contribution in [1.82, 2.24) is 0 Å². The van der Waals surface area contributed by atoms with Gasteiger partial charge in [0.1, 0.15) is 24.0 Å². The molecular formula is C36H61NO9. The summed E-state index contributed by atoms with van der Waals surface area (Å²) < 4.78 is 21.4. The Balaban J connectivity index is 0. The number of anilines is 1. The predicted octanol–water partition coefficient (Wildman–Crippen LogP) is 6.60. The fourth-order valence-electron chi connectivity index (χ4n) is 3.80. The molecule has 0 spiro atoms. The fourth-order valence-corrected chi connectivity index (χ4v) is 3.80. The first kappa shape index (κ1) is 45.3. The number of nitrogens with one attached hydrogen (secondary N) is 1. The van der Waals surface area contributed by atoms with Gasteiger partial charge in [-0.05, 0) is 44.7 Å². The van der Waals surface area contributed by atoms with Gasteiger partial charge in [0, 0.05) is 42.9 Å². The topological polar surface area (TPSA) is 134 Å². The monoisotopic (exact) mass is 651 g/mol. The van der Waals surface area contributed by atoms with E-state index in [2.05, 4.69) is 12.2 Å². The zero-order valence-corrected chi connectivity index (χ0v) is 29.8. The molecule has 0 bridgehead atoms. The van der Waals surface area contributed by atoms with Crippen LogP contribution in [0, 0.1) is 5.92 Å². The molecule has 0 saturated heterocycles. The Morgan fingerprint density at radius 3 is 1.83 bits per heavy atom. The molecule has 0 aliphatic rings. The normalized spacial score (nSPS) is 11.0. The maximum Gasteiger partial charge on any atom is 0.250 e. The molecule has 264 valence electrons. The maximum atomic E-state index is 12.5. The number of ketones is 4.